The van der Waals surface area contributed by atoms with Crippen molar-refractivity contribution < 1.29 is 4.74 Å². The molecule has 0 aliphatic heterocycles. The van der Waals surface area contributed by atoms with E-state index in [1.807, 2.05) is 31.3 Å². The summed E-state index contributed by atoms with van der Waals surface area (Å²) in [6.07, 6.45) is 5.38. The van der Waals surface area contributed by atoms with Crippen LogP contribution in [-0.2, 0) is 5.54 Å². The molecule has 4 nitrogen and oxygen atoms in total. The molecule has 0 bridgehead atoms. The molecule has 2 heterocycles. The second kappa shape index (κ2) is 7.05. The summed E-state index contributed by atoms with van der Waals surface area (Å²) >= 11 is 0. The van der Waals surface area contributed by atoms with Gasteiger partial charge < -0.3 is 10.5 Å². The molecule has 2 aromatic carbocycles. The molecule has 1 aliphatic carbocycles. The van der Waals surface area contributed by atoms with Crippen LogP contribution in [0.2, 0.25) is 0 Å². The molecule has 0 unspecified atom stereocenters. The molecular formula is C25H25N3O. The predicted octanol–water partition coefficient (Wildman–Crippen LogP) is 5.40. The number of hydrogen-bond donors (Lipinski definition) is 1. The number of hydrogen-bond acceptors (Lipinski definition) is 3. The first-order valence-electron chi connectivity index (χ1n) is 10.3. The number of aromatic nitrogens is 2. The van der Waals surface area contributed by atoms with Crippen LogP contribution in [-0.4, -0.2) is 16.0 Å². The van der Waals surface area contributed by atoms with E-state index >= 15 is 0 Å². The van der Waals surface area contributed by atoms with Crippen LogP contribution in [0.25, 0.3) is 28.2 Å². The van der Waals surface area contributed by atoms with Crippen LogP contribution in [0.5, 0.6) is 5.75 Å². The maximum absolute atomic E-state index is 6.51. The third-order valence-corrected chi connectivity index (χ3v) is 5.93. The summed E-state index contributed by atoms with van der Waals surface area (Å²) in [4.78, 5) is 4.98. The number of fused-ring (bicyclic) bond motifs is 1. The maximum atomic E-state index is 6.51. The van der Waals surface area contributed by atoms with Gasteiger partial charge in [-0.3, -0.25) is 4.40 Å². The number of pyridine rings is 1. The minimum absolute atomic E-state index is 0.147. The van der Waals surface area contributed by atoms with E-state index in [0.717, 1.165) is 46.8 Å². The highest BCUT2D eigenvalue weighted by atomic mass is 16.5. The molecule has 1 saturated carbocycles. The molecule has 4 aromatic rings. The Morgan fingerprint density at radius 1 is 1.00 bits per heavy atom. The van der Waals surface area contributed by atoms with Crippen molar-refractivity contribution in [2.75, 3.05) is 6.61 Å². The van der Waals surface area contributed by atoms with Crippen LogP contribution in [0.3, 0.4) is 0 Å². The second-order valence-electron chi connectivity index (χ2n) is 7.79. The highest BCUT2D eigenvalue weighted by Gasteiger charge is 2.34. The molecule has 1 aliphatic rings. The van der Waals surface area contributed by atoms with Crippen LogP contribution in [0, 0.1) is 0 Å². The molecule has 2 N–H and O–H groups in total. The third kappa shape index (κ3) is 3.10. The number of imidazole rings is 1. The highest BCUT2D eigenvalue weighted by molar-refractivity contribution is 5.82. The molecule has 0 spiro atoms. The molecular weight excluding hydrogens is 358 g/mol. The summed E-state index contributed by atoms with van der Waals surface area (Å²) in [5.41, 5.74) is 12.7. The molecule has 0 saturated heterocycles. The zero-order valence-electron chi connectivity index (χ0n) is 16.6. The van der Waals surface area contributed by atoms with Crippen LogP contribution in [0.15, 0.2) is 72.9 Å². The van der Waals surface area contributed by atoms with Crippen molar-refractivity contribution in [2.45, 2.75) is 31.7 Å². The summed E-state index contributed by atoms with van der Waals surface area (Å²) in [6.45, 7) is 2.63. The number of benzene rings is 2. The molecule has 2 aromatic heterocycles. The first-order valence-corrected chi connectivity index (χ1v) is 10.3. The van der Waals surface area contributed by atoms with Crippen molar-refractivity contribution in [3.8, 4) is 28.3 Å². The number of nitrogens with two attached hydrogens (primary N) is 1. The Bertz CT molecular complexity index is 1140. The number of ether oxygens (including phenoxy) is 1. The first kappa shape index (κ1) is 18.0. The first-order chi connectivity index (χ1) is 14.2. The van der Waals surface area contributed by atoms with Gasteiger partial charge in [0.2, 0.25) is 0 Å². The molecule has 146 valence electrons. The van der Waals surface area contributed by atoms with Crippen LogP contribution in [0.4, 0.5) is 0 Å². The average Bonchev–Trinajstić information content (AvgIpc) is 3.12. The standard InChI is InChI=1S/C25H25N3O/c1-2-29-21-13-16-28-22(17-21)27-23(24(28)19-7-4-3-5-8-19)18-9-11-20(12-10-18)25(26)14-6-15-25/h3-5,7-13,16-17H,2,6,14-15,26H2,1H3. The zero-order valence-corrected chi connectivity index (χ0v) is 16.6. The summed E-state index contributed by atoms with van der Waals surface area (Å²) < 4.78 is 7.82. The Kier molecular flexibility index (Phi) is 4.36. The molecule has 29 heavy (non-hydrogen) atoms. The molecule has 0 radical (unpaired) electrons. The Balaban J connectivity index is 1.65. The molecule has 5 rings (SSSR count). The van der Waals surface area contributed by atoms with Gasteiger partial charge in [0.1, 0.15) is 11.4 Å². The number of rotatable bonds is 5. The van der Waals surface area contributed by atoms with Crippen molar-refractivity contribution in [1.29, 1.82) is 0 Å². The molecule has 0 atom stereocenters. The molecule has 4 heteroatoms. The zero-order chi connectivity index (χ0) is 19.8. The SMILES string of the molecule is CCOc1ccn2c(-c3ccccc3)c(-c3ccc(C4(N)CCC4)cc3)nc2c1. The van der Waals surface area contributed by atoms with Gasteiger partial charge in [0, 0.05) is 28.9 Å². The van der Waals surface area contributed by atoms with Crippen LogP contribution in [0.1, 0.15) is 31.7 Å². The van der Waals surface area contributed by atoms with Gasteiger partial charge in [-0.15, -0.1) is 0 Å². The molecule has 0 amide bonds. The van der Waals surface area contributed by atoms with Gasteiger partial charge in [-0.1, -0.05) is 54.6 Å². The average molecular weight is 383 g/mol. The lowest BCUT2D eigenvalue weighted by Crippen LogP contribution is -2.43. The van der Waals surface area contributed by atoms with Crippen molar-refractivity contribution in [3.63, 3.8) is 0 Å². The smallest absolute Gasteiger partial charge is 0.141 e. The van der Waals surface area contributed by atoms with E-state index in [0.29, 0.717) is 6.61 Å². The monoisotopic (exact) mass is 383 g/mol. The lowest BCUT2D eigenvalue weighted by Gasteiger charge is -2.38. The lowest BCUT2D eigenvalue weighted by molar-refractivity contribution is 0.253. The van der Waals surface area contributed by atoms with Gasteiger partial charge in [-0.25, -0.2) is 4.98 Å². The lowest BCUT2D eigenvalue weighted by atomic mass is 9.72. The van der Waals surface area contributed by atoms with Crippen LogP contribution < -0.4 is 10.5 Å². The largest absolute Gasteiger partial charge is 0.494 e. The fourth-order valence-electron chi connectivity index (χ4n) is 4.16. The minimum Gasteiger partial charge on any atom is -0.494 e. The van der Waals surface area contributed by atoms with E-state index in [2.05, 4.69) is 52.9 Å². The highest BCUT2D eigenvalue weighted by Crippen LogP contribution is 2.40. The molecule has 1 fully saturated rings. The maximum Gasteiger partial charge on any atom is 0.141 e. The summed E-state index contributed by atoms with van der Waals surface area (Å²) in [7, 11) is 0. The van der Waals surface area contributed by atoms with E-state index < -0.39 is 0 Å². The van der Waals surface area contributed by atoms with E-state index in [4.69, 9.17) is 15.5 Å². The van der Waals surface area contributed by atoms with Gasteiger partial charge in [0.05, 0.1) is 18.0 Å². The van der Waals surface area contributed by atoms with Crippen molar-refractivity contribution in [1.82, 2.24) is 9.38 Å². The van der Waals surface area contributed by atoms with E-state index in [9.17, 15) is 0 Å². The fourth-order valence-corrected chi connectivity index (χ4v) is 4.16. The predicted molar refractivity (Wildman–Crippen MR) is 117 cm³/mol. The van der Waals surface area contributed by atoms with Crippen LogP contribution >= 0.6 is 0 Å². The third-order valence-electron chi connectivity index (χ3n) is 5.93. The number of nitrogens with zero attached hydrogens (tertiary/aromatic N) is 2. The quantitative estimate of drug-likeness (QED) is 0.502. The Morgan fingerprint density at radius 3 is 2.41 bits per heavy atom. The second-order valence-corrected chi connectivity index (χ2v) is 7.79. The van der Waals surface area contributed by atoms with Gasteiger partial charge in [-0.05, 0) is 37.8 Å². The fraction of sp³-hybridized carbons (Fsp3) is 0.240. The van der Waals surface area contributed by atoms with Crippen molar-refractivity contribution in [2.24, 2.45) is 5.73 Å². The Morgan fingerprint density at radius 2 is 1.76 bits per heavy atom. The van der Waals surface area contributed by atoms with E-state index in [1.165, 1.54) is 12.0 Å². The topological polar surface area (TPSA) is 52.5 Å². The minimum atomic E-state index is -0.147. The van der Waals surface area contributed by atoms with Crippen molar-refractivity contribution >= 4 is 5.65 Å². The Labute approximate surface area is 171 Å². The van der Waals surface area contributed by atoms with Gasteiger partial charge in [-0.2, -0.15) is 0 Å². The van der Waals surface area contributed by atoms with E-state index in [-0.39, 0.29) is 5.54 Å². The summed E-state index contributed by atoms with van der Waals surface area (Å²) in [5.74, 6) is 0.835. The van der Waals surface area contributed by atoms with Gasteiger partial charge in [0.15, 0.2) is 0 Å². The normalized spacial score (nSPS) is 15.2. The van der Waals surface area contributed by atoms with Gasteiger partial charge in [0.25, 0.3) is 0 Å². The summed E-state index contributed by atoms with van der Waals surface area (Å²) in [5, 5.41) is 0. The summed E-state index contributed by atoms with van der Waals surface area (Å²) in [6, 6.07) is 23.0. The Hall–Kier alpha value is -3.11. The van der Waals surface area contributed by atoms with Crippen molar-refractivity contribution in [3.05, 3.63) is 78.5 Å². The van der Waals surface area contributed by atoms with Gasteiger partial charge >= 0.3 is 0 Å². The van der Waals surface area contributed by atoms with E-state index in [1.54, 1.807) is 0 Å².